The molecule has 1 aliphatic rings. The van der Waals surface area contributed by atoms with Gasteiger partial charge in [0, 0.05) is 51.5 Å². The standard InChI is InChI=1S/C15H26N4/c1-12(2)18(4)15-6-5-14(10-17-15)11-19-8-7-16-9-13(19)3/h5-6,10,12-13,16H,7-9,11H2,1-4H3/t13-/m0/s1. The van der Waals surface area contributed by atoms with Crippen LogP contribution in [0, 0.1) is 0 Å². The Labute approximate surface area is 116 Å². The van der Waals surface area contributed by atoms with Gasteiger partial charge in [-0.2, -0.15) is 0 Å². The summed E-state index contributed by atoms with van der Waals surface area (Å²) >= 11 is 0. The summed E-state index contributed by atoms with van der Waals surface area (Å²) in [6, 6.07) is 5.41. The minimum atomic E-state index is 0.478. The van der Waals surface area contributed by atoms with E-state index in [1.54, 1.807) is 0 Å². The zero-order chi connectivity index (χ0) is 13.8. The Morgan fingerprint density at radius 1 is 1.47 bits per heavy atom. The summed E-state index contributed by atoms with van der Waals surface area (Å²) in [5, 5.41) is 3.42. The lowest BCUT2D eigenvalue weighted by Gasteiger charge is -2.33. The fraction of sp³-hybridized carbons (Fsp3) is 0.667. The Morgan fingerprint density at radius 2 is 2.26 bits per heavy atom. The van der Waals surface area contributed by atoms with E-state index in [1.807, 2.05) is 6.20 Å². The van der Waals surface area contributed by atoms with E-state index in [0.717, 1.165) is 32.0 Å². The molecule has 0 aromatic carbocycles. The third kappa shape index (κ3) is 3.67. The maximum absolute atomic E-state index is 4.57. The van der Waals surface area contributed by atoms with Gasteiger partial charge in [0.05, 0.1) is 0 Å². The molecular formula is C15H26N4. The number of rotatable bonds is 4. The number of nitrogens with zero attached hydrogens (tertiary/aromatic N) is 3. The Morgan fingerprint density at radius 3 is 2.84 bits per heavy atom. The molecule has 1 aliphatic heterocycles. The highest BCUT2D eigenvalue weighted by Crippen LogP contribution is 2.14. The van der Waals surface area contributed by atoms with Gasteiger partial charge in [-0.3, -0.25) is 4.90 Å². The Kier molecular flexibility index (Phi) is 4.77. The van der Waals surface area contributed by atoms with Crippen LogP contribution in [0.25, 0.3) is 0 Å². The van der Waals surface area contributed by atoms with Crippen molar-refractivity contribution in [3.05, 3.63) is 23.9 Å². The molecule has 0 radical (unpaired) electrons. The highest BCUT2D eigenvalue weighted by molar-refractivity contribution is 5.39. The van der Waals surface area contributed by atoms with Crippen molar-refractivity contribution in [3.8, 4) is 0 Å². The lowest BCUT2D eigenvalue weighted by atomic mass is 10.2. The topological polar surface area (TPSA) is 31.4 Å². The van der Waals surface area contributed by atoms with Crippen LogP contribution in [0.2, 0.25) is 0 Å². The minimum Gasteiger partial charge on any atom is -0.357 e. The lowest BCUT2D eigenvalue weighted by molar-refractivity contribution is 0.165. The number of nitrogens with one attached hydrogen (secondary N) is 1. The van der Waals surface area contributed by atoms with Crippen molar-refractivity contribution in [1.82, 2.24) is 15.2 Å². The van der Waals surface area contributed by atoms with Crippen LogP contribution in [0.5, 0.6) is 0 Å². The van der Waals surface area contributed by atoms with Crippen LogP contribution in [0.15, 0.2) is 18.3 Å². The average molecular weight is 262 g/mol. The molecule has 1 aromatic heterocycles. The summed E-state index contributed by atoms with van der Waals surface area (Å²) in [4.78, 5) is 9.28. The molecule has 0 spiro atoms. The van der Waals surface area contributed by atoms with Gasteiger partial charge in [-0.25, -0.2) is 4.98 Å². The Bertz CT molecular complexity index is 388. The third-order valence-corrected chi connectivity index (χ3v) is 3.97. The van der Waals surface area contributed by atoms with E-state index in [-0.39, 0.29) is 0 Å². The molecule has 1 aromatic rings. The summed E-state index contributed by atoms with van der Waals surface area (Å²) in [7, 11) is 2.09. The van der Waals surface area contributed by atoms with Gasteiger partial charge in [0.15, 0.2) is 0 Å². The molecule has 1 atom stereocenters. The second-order valence-corrected chi connectivity index (χ2v) is 5.75. The molecule has 1 N–H and O–H groups in total. The summed E-state index contributed by atoms with van der Waals surface area (Å²) in [5.74, 6) is 1.05. The van der Waals surface area contributed by atoms with Gasteiger partial charge in [0.1, 0.15) is 5.82 Å². The van der Waals surface area contributed by atoms with Crippen LogP contribution in [-0.2, 0) is 6.54 Å². The molecule has 1 saturated heterocycles. The maximum Gasteiger partial charge on any atom is 0.128 e. The van der Waals surface area contributed by atoms with Crippen molar-refractivity contribution in [3.63, 3.8) is 0 Å². The first kappa shape index (κ1) is 14.3. The molecule has 0 amide bonds. The van der Waals surface area contributed by atoms with Crippen LogP contribution in [0.4, 0.5) is 5.82 Å². The van der Waals surface area contributed by atoms with Gasteiger partial charge < -0.3 is 10.2 Å². The monoisotopic (exact) mass is 262 g/mol. The zero-order valence-electron chi connectivity index (χ0n) is 12.6. The summed E-state index contributed by atoms with van der Waals surface area (Å²) < 4.78 is 0. The van der Waals surface area contributed by atoms with Crippen LogP contribution >= 0.6 is 0 Å². The number of anilines is 1. The predicted molar refractivity (Wildman–Crippen MR) is 80.5 cm³/mol. The molecule has 2 heterocycles. The van der Waals surface area contributed by atoms with E-state index >= 15 is 0 Å². The third-order valence-electron chi connectivity index (χ3n) is 3.97. The van der Waals surface area contributed by atoms with Crippen molar-refractivity contribution in [2.45, 2.75) is 39.4 Å². The van der Waals surface area contributed by atoms with Crippen molar-refractivity contribution >= 4 is 5.82 Å². The van der Waals surface area contributed by atoms with Crippen molar-refractivity contribution < 1.29 is 0 Å². The van der Waals surface area contributed by atoms with Crippen LogP contribution in [0.3, 0.4) is 0 Å². The van der Waals surface area contributed by atoms with Gasteiger partial charge in [-0.1, -0.05) is 6.07 Å². The van der Waals surface area contributed by atoms with Gasteiger partial charge in [0.2, 0.25) is 0 Å². The number of pyridine rings is 1. The molecule has 0 saturated carbocycles. The molecule has 106 valence electrons. The van der Waals surface area contributed by atoms with Gasteiger partial charge in [0.25, 0.3) is 0 Å². The van der Waals surface area contributed by atoms with E-state index in [2.05, 4.69) is 60.1 Å². The van der Waals surface area contributed by atoms with Crippen molar-refractivity contribution in [2.75, 3.05) is 31.6 Å². The van der Waals surface area contributed by atoms with E-state index in [4.69, 9.17) is 0 Å². The molecule has 4 heteroatoms. The number of aromatic nitrogens is 1. The number of piperazine rings is 1. The van der Waals surface area contributed by atoms with Crippen LogP contribution in [0.1, 0.15) is 26.3 Å². The first-order chi connectivity index (χ1) is 9.08. The fourth-order valence-electron chi connectivity index (χ4n) is 2.34. The summed E-state index contributed by atoms with van der Waals surface area (Å²) in [6.07, 6.45) is 2.02. The maximum atomic E-state index is 4.57. The van der Waals surface area contributed by atoms with Gasteiger partial charge in [-0.05, 0) is 32.4 Å². The van der Waals surface area contributed by atoms with Gasteiger partial charge in [-0.15, -0.1) is 0 Å². The Balaban J connectivity index is 1.98. The van der Waals surface area contributed by atoms with E-state index in [0.29, 0.717) is 12.1 Å². The molecule has 1 fully saturated rings. The highest BCUT2D eigenvalue weighted by Gasteiger charge is 2.17. The Hall–Kier alpha value is -1.13. The molecule has 0 bridgehead atoms. The van der Waals surface area contributed by atoms with Gasteiger partial charge >= 0.3 is 0 Å². The first-order valence-electron chi connectivity index (χ1n) is 7.20. The lowest BCUT2D eigenvalue weighted by Crippen LogP contribution is -2.49. The van der Waals surface area contributed by atoms with E-state index in [9.17, 15) is 0 Å². The molecule has 0 aliphatic carbocycles. The molecule has 0 unspecified atom stereocenters. The number of hydrogen-bond acceptors (Lipinski definition) is 4. The quantitative estimate of drug-likeness (QED) is 0.895. The summed E-state index contributed by atoms with van der Waals surface area (Å²) in [6.45, 7) is 10.9. The number of hydrogen-bond donors (Lipinski definition) is 1. The molecular weight excluding hydrogens is 236 g/mol. The normalized spacial score (nSPS) is 20.8. The summed E-state index contributed by atoms with van der Waals surface area (Å²) in [5.41, 5.74) is 1.30. The first-order valence-corrected chi connectivity index (χ1v) is 7.20. The predicted octanol–water partition coefficient (Wildman–Crippen LogP) is 1.72. The van der Waals surface area contributed by atoms with E-state index in [1.165, 1.54) is 5.56 Å². The van der Waals surface area contributed by atoms with E-state index < -0.39 is 0 Å². The molecule has 19 heavy (non-hydrogen) atoms. The second kappa shape index (κ2) is 6.35. The van der Waals surface area contributed by atoms with Crippen LogP contribution in [-0.4, -0.2) is 48.6 Å². The fourth-order valence-corrected chi connectivity index (χ4v) is 2.34. The SMILES string of the molecule is CC(C)N(C)c1ccc(CN2CCNC[C@@H]2C)cn1. The zero-order valence-corrected chi connectivity index (χ0v) is 12.6. The minimum absolute atomic E-state index is 0.478. The largest absolute Gasteiger partial charge is 0.357 e. The highest BCUT2D eigenvalue weighted by atomic mass is 15.2. The average Bonchev–Trinajstić information content (AvgIpc) is 2.41. The van der Waals surface area contributed by atoms with Crippen molar-refractivity contribution in [1.29, 1.82) is 0 Å². The molecule has 4 nitrogen and oxygen atoms in total. The van der Waals surface area contributed by atoms with Crippen LogP contribution < -0.4 is 10.2 Å². The molecule has 2 rings (SSSR count). The second-order valence-electron chi connectivity index (χ2n) is 5.75. The van der Waals surface area contributed by atoms with Crippen molar-refractivity contribution in [2.24, 2.45) is 0 Å². The smallest absolute Gasteiger partial charge is 0.128 e.